The largest absolute Gasteiger partial charge is 0.276 e. The average molecular weight is 221 g/mol. The number of allylic oxidation sites excluding steroid dienone is 2. The monoisotopic (exact) mass is 221 g/mol. The normalized spacial score (nSPS) is 18.7. The van der Waals surface area contributed by atoms with Gasteiger partial charge >= 0.3 is 0 Å². The van der Waals surface area contributed by atoms with Gasteiger partial charge in [0.25, 0.3) is 10.0 Å². The second-order valence-corrected chi connectivity index (χ2v) is 5.23. The minimum atomic E-state index is -3.35. The summed E-state index contributed by atoms with van der Waals surface area (Å²) in [5.74, 6) is 0. The van der Waals surface area contributed by atoms with Gasteiger partial charge in [-0.1, -0.05) is 30.3 Å². The maximum Gasteiger partial charge on any atom is 0.264 e. The van der Waals surface area contributed by atoms with Crippen LogP contribution in [0.25, 0.3) is 4.91 Å². The highest BCUT2D eigenvalue weighted by atomic mass is 32.2. The number of hydrogen-bond donors (Lipinski definition) is 0. The highest BCUT2D eigenvalue weighted by Gasteiger charge is 2.24. The van der Waals surface area contributed by atoms with Crippen molar-refractivity contribution >= 4 is 14.9 Å². The van der Waals surface area contributed by atoms with Crippen LogP contribution < -0.4 is 0 Å². The zero-order valence-corrected chi connectivity index (χ0v) is 9.11. The lowest BCUT2D eigenvalue weighted by Gasteiger charge is -2.20. The molecule has 0 saturated carbocycles. The quantitative estimate of drug-likeness (QED) is 0.725. The Bertz CT molecular complexity index is 515. The molecular weight excluding hydrogens is 210 g/mol. The van der Waals surface area contributed by atoms with Crippen molar-refractivity contribution in [1.29, 1.82) is 0 Å². The zero-order valence-electron chi connectivity index (χ0n) is 8.29. The highest BCUT2D eigenvalue weighted by molar-refractivity contribution is 7.98. The Kier molecular flexibility index (Phi) is 2.36. The third kappa shape index (κ3) is 1.68. The molecule has 1 aromatic carbocycles. The number of nitrogens with zero attached hydrogens (tertiary/aromatic N) is 1. The lowest BCUT2D eigenvalue weighted by atomic mass is 10.2. The Morgan fingerprint density at radius 3 is 2.47 bits per heavy atom. The maximum atomic E-state index is 11.9. The molecule has 1 aromatic rings. The fraction of sp³-hybridized carbons (Fsp3) is 0.0909. The van der Waals surface area contributed by atoms with Gasteiger partial charge < -0.3 is 0 Å². The number of rotatable bonds is 1. The van der Waals surface area contributed by atoms with Gasteiger partial charge in [0.15, 0.2) is 0 Å². The first-order chi connectivity index (χ1) is 7.12. The first-order valence-electron chi connectivity index (χ1n) is 4.54. The number of hydrogen-bond acceptors (Lipinski definition) is 2. The van der Waals surface area contributed by atoms with Crippen LogP contribution in [0.2, 0.25) is 0 Å². The van der Waals surface area contributed by atoms with Gasteiger partial charge in [-0.3, -0.25) is 4.31 Å². The summed E-state index contributed by atoms with van der Waals surface area (Å²) in [4.78, 5) is 0.341. The summed E-state index contributed by atoms with van der Waals surface area (Å²) in [5.41, 5.74) is 0.716. The maximum absolute atomic E-state index is 11.9. The average Bonchev–Trinajstić information content (AvgIpc) is 2.23. The first kappa shape index (κ1) is 9.98. The molecule has 1 aliphatic heterocycles. The molecular formula is C11H11NO2S. The fourth-order valence-electron chi connectivity index (χ4n) is 1.42. The zero-order chi connectivity index (χ0) is 10.9. The number of benzene rings is 1. The first-order valence-corrected chi connectivity index (χ1v) is 5.98. The minimum absolute atomic E-state index is 0.341. The van der Waals surface area contributed by atoms with Crippen molar-refractivity contribution in [2.45, 2.75) is 0 Å². The Morgan fingerprint density at radius 2 is 1.80 bits per heavy atom. The standard InChI is InChI=1S/C11H11NO2S/c1-12-9-5-8-11(15(12,13)14)10-6-3-2-4-7-10/h2-9H,1H3. The third-order valence-corrected chi connectivity index (χ3v) is 4.07. The van der Waals surface area contributed by atoms with Gasteiger partial charge in [-0.2, -0.15) is 0 Å². The molecule has 0 spiro atoms. The fourth-order valence-corrected chi connectivity index (χ4v) is 2.65. The lowest BCUT2D eigenvalue weighted by Crippen LogP contribution is -2.24. The van der Waals surface area contributed by atoms with Crippen LogP contribution in [-0.2, 0) is 10.0 Å². The van der Waals surface area contributed by atoms with Crippen molar-refractivity contribution in [1.82, 2.24) is 4.31 Å². The van der Waals surface area contributed by atoms with Gasteiger partial charge in [-0.15, -0.1) is 0 Å². The van der Waals surface area contributed by atoms with Crippen LogP contribution in [-0.4, -0.2) is 19.8 Å². The van der Waals surface area contributed by atoms with Gasteiger partial charge in [0.2, 0.25) is 0 Å². The summed E-state index contributed by atoms with van der Waals surface area (Å²) in [5, 5.41) is 0. The van der Waals surface area contributed by atoms with Crippen LogP contribution in [0, 0.1) is 0 Å². The minimum Gasteiger partial charge on any atom is -0.276 e. The van der Waals surface area contributed by atoms with Crippen LogP contribution >= 0.6 is 0 Å². The molecule has 0 atom stereocenters. The molecule has 2 rings (SSSR count). The lowest BCUT2D eigenvalue weighted by molar-refractivity contribution is 0.550. The molecule has 0 saturated heterocycles. The van der Waals surface area contributed by atoms with Crippen molar-refractivity contribution in [3.63, 3.8) is 0 Å². The highest BCUT2D eigenvalue weighted by Crippen LogP contribution is 2.26. The van der Waals surface area contributed by atoms with Crippen molar-refractivity contribution in [3.05, 3.63) is 54.2 Å². The third-order valence-electron chi connectivity index (χ3n) is 2.26. The van der Waals surface area contributed by atoms with Gasteiger partial charge in [-0.25, -0.2) is 8.42 Å². The van der Waals surface area contributed by atoms with E-state index in [1.54, 1.807) is 24.3 Å². The van der Waals surface area contributed by atoms with E-state index in [4.69, 9.17) is 0 Å². The van der Waals surface area contributed by atoms with Gasteiger partial charge in [0, 0.05) is 13.2 Å². The van der Waals surface area contributed by atoms with Crippen LogP contribution in [0.15, 0.2) is 48.7 Å². The molecule has 0 amide bonds. The summed E-state index contributed by atoms with van der Waals surface area (Å²) in [6.45, 7) is 0. The van der Waals surface area contributed by atoms with Crippen LogP contribution in [0.5, 0.6) is 0 Å². The predicted octanol–water partition coefficient (Wildman–Crippen LogP) is 1.82. The van der Waals surface area contributed by atoms with Crippen LogP contribution in [0.4, 0.5) is 0 Å². The summed E-state index contributed by atoms with van der Waals surface area (Å²) in [7, 11) is -1.82. The Balaban J connectivity index is 2.55. The Hall–Kier alpha value is -1.55. The van der Waals surface area contributed by atoms with Crippen molar-refractivity contribution in [2.24, 2.45) is 0 Å². The Morgan fingerprint density at radius 1 is 1.13 bits per heavy atom. The molecule has 0 radical (unpaired) electrons. The molecule has 0 aliphatic carbocycles. The van der Waals surface area contributed by atoms with E-state index in [1.807, 2.05) is 18.2 Å². The van der Waals surface area contributed by atoms with Crippen molar-refractivity contribution in [2.75, 3.05) is 7.05 Å². The van der Waals surface area contributed by atoms with E-state index in [-0.39, 0.29) is 0 Å². The molecule has 1 heterocycles. The summed E-state index contributed by atoms with van der Waals surface area (Å²) in [6, 6.07) is 9.08. The van der Waals surface area contributed by atoms with Crippen molar-refractivity contribution < 1.29 is 8.42 Å². The van der Waals surface area contributed by atoms with E-state index < -0.39 is 10.0 Å². The van der Waals surface area contributed by atoms with E-state index in [9.17, 15) is 8.42 Å². The molecule has 0 N–H and O–H groups in total. The van der Waals surface area contributed by atoms with Crippen molar-refractivity contribution in [3.8, 4) is 0 Å². The molecule has 15 heavy (non-hydrogen) atoms. The smallest absolute Gasteiger partial charge is 0.264 e. The molecule has 0 fully saturated rings. The molecule has 0 aromatic heterocycles. The molecule has 0 bridgehead atoms. The van der Waals surface area contributed by atoms with Crippen LogP contribution in [0.1, 0.15) is 5.56 Å². The topological polar surface area (TPSA) is 37.4 Å². The second kappa shape index (κ2) is 3.55. The summed E-state index contributed by atoms with van der Waals surface area (Å²) in [6.07, 6.45) is 4.87. The van der Waals surface area contributed by atoms with E-state index in [2.05, 4.69) is 0 Å². The van der Waals surface area contributed by atoms with Crippen LogP contribution in [0.3, 0.4) is 0 Å². The van der Waals surface area contributed by atoms with Gasteiger partial charge in [0.1, 0.15) is 0 Å². The Labute approximate surface area is 89.4 Å². The molecule has 1 aliphatic rings. The van der Waals surface area contributed by atoms with Gasteiger partial charge in [0.05, 0.1) is 4.91 Å². The molecule has 3 nitrogen and oxygen atoms in total. The van der Waals surface area contributed by atoms with E-state index >= 15 is 0 Å². The SMILES string of the molecule is CN1C=CC=C(c2ccccc2)S1(=O)=O. The van der Waals surface area contributed by atoms with E-state index in [0.29, 0.717) is 10.5 Å². The van der Waals surface area contributed by atoms with Gasteiger partial charge in [-0.05, 0) is 17.7 Å². The molecule has 4 heteroatoms. The van der Waals surface area contributed by atoms with E-state index in [0.717, 1.165) is 0 Å². The van der Waals surface area contributed by atoms with E-state index in [1.165, 1.54) is 17.6 Å². The molecule has 78 valence electrons. The summed E-state index contributed by atoms with van der Waals surface area (Å²) < 4.78 is 25.1. The molecule has 0 unspecified atom stereocenters. The second-order valence-electron chi connectivity index (χ2n) is 3.26. The number of sulfonamides is 1. The summed E-state index contributed by atoms with van der Waals surface area (Å²) >= 11 is 0. The predicted molar refractivity (Wildman–Crippen MR) is 60.2 cm³/mol.